The Balaban J connectivity index is 2.23. The Hall–Kier alpha value is -3.54. The van der Waals surface area contributed by atoms with Crippen LogP contribution in [-0.4, -0.2) is 40.9 Å². The molecule has 0 saturated carbocycles. The van der Waals surface area contributed by atoms with Crippen LogP contribution < -0.4 is 5.32 Å². The van der Waals surface area contributed by atoms with Gasteiger partial charge in [0.25, 0.3) is 0 Å². The molecule has 0 aliphatic carbocycles. The maximum atomic E-state index is 15.6. The molecule has 0 aliphatic rings. The van der Waals surface area contributed by atoms with Crippen molar-refractivity contribution < 1.29 is 36.3 Å². The largest absolute Gasteiger partial charge is 0.465 e. The fourth-order valence-electron chi connectivity index (χ4n) is 3.22. The van der Waals surface area contributed by atoms with Gasteiger partial charge in [0.1, 0.15) is 5.69 Å². The maximum absolute atomic E-state index is 15.6. The highest BCUT2D eigenvalue weighted by Crippen LogP contribution is 2.34. The molecule has 9 nitrogen and oxygen atoms in total. The van der Waals surface area contributed by atoms with Gasteiger partial charge in [0.2, 0.25) is 11.0 Å². The van der Waals surface area contributed by atoms with Crippen molar-refractivity contribution in [1.29, 1.82) is 0 Å². The fraction of sp³-hybridized carbons (Fsp3) is 0.286. The molecule has 0 fully saturated rings. The molecule has 12 heteroatoms. The van der Waals surface area contributed by atoms with Crippen molar-refractivity contribution in [2.45, 2.75) is 38.3 Å². The molecule has 1 amide bonds. The maximum Gasteiger partial charge on any atom is 0.404 e. The zero-order valence-corrected chi connectivity index (χ0v) is 18.7. The number of carbonyl (C=O) groups is 2. The molecule has 2 N–H and O–H groups in total. The van der Waals surface area contributed by atoms with Crippen LogP contribution in [0.15, 0.2) is 46.2 Å². The van der Waals surface area contributed by atoms with E-state index < -0.39 is 55.7 Å². The molecule has 0 aromatic carbocycles. The SMILES string of the molecule is CC(C)(C)C(Cc1cn(S(=O)(=O)c2ccc(C=O)o2)c(-c2cccnc2F)c1F)NC(=O)O. The summed E-state index contributed by atoms with van der Waals surface area (Å²) < 4.78 is 62.1. The van der Waals surface area contributed by atoms with Crippen LogP contribution in [0.2, 0.25) is 0 Å². The molecule has 3 aromatic rings. The van der Waals surface area contributed by atoms with Gasteiger partial charge in [-0.1, -0.05) is 20.8 Å². The van der Waals surface area contributed by atoms with Gasteiger partial charge in [-0.2, -0.15) is 12.8 Å². The van der Waals surface area contributed by atoms with Crippen LogP contribution >= 0.6 is 0 Å². The summed E-state index contributed by atoms with van der Waals surface area (Å²) in [5, 5.41) is 10.8. The molecule has 1 atom stereocenters. The van der Waals surface area contributed by atoms with Gasteiger partial charge in [-0.15, -0.1) is 0 Å². The average Bonchev–Trinajstić information content (AvgIpc) is 3.33. The zero-order valence-electron chi connectivity index (χ0n) is 17.9. The van der Waals surface area contributed by atoms with Crippen LogP contribution in [0.5, 0.6) is 0 Å². The van der Waals surface area contributed by atoms with E-state index in [2.05, 4.69) is 10.3 Å². The topological polar surface area (TPSA) is 132 Å². The summed E-state index contributed by atoms with van der Waals surface area (Å²) in [6.45, 7) is 5.18. The highest BCUT2D eigenvalue weighted by Gasteiger charge is 2.33. The predicted octanol–water partition coefficient (Wildman–Crippen LogP) is 3.70. The number of furan rings is 1. The Morgan fingerprint density at radius 3 is 2.55 bits per heavy atom. The number of nitrogens with one attached hydrogen (secondary N) is 1. The van der Waals surface area contributed by atoms with Crippen LogP contribution in [0, 0.1) is 17.2 Å². The van der Waals surface area contributed by atoms with Crippen LogP contribution in [0.3, 0.4) is 0 Å². The number of hydrogen-bond donors (Lipinski definition) is 2. The zero-order chi connectivity index (χ0) is 24.6. The van der Waals surface area contributed by atoms with Crippen molar-refractivity contribution in [2.75, 3.05) is 0 Å². The van der Waals surface area contributed by atoms with Gasteiger partial charge in [-0.3, -0.25) is 4.79 Å². The van der Waals surface area contributed by atoms with Gasteiger partial charge < -0.3 is 14.8 Å². The first kappa shape index (κ1) is 24.1. The third kappa shape index (κ3) is 4.80. The van der Waals surface area contributed by atoms with Crippen LogP contribution in [0.25, 0.3) is 11.3 Å². The van der Waals surface area contributed by atoms with Gasteiger partial charge in [0, 0.05) is 24.0 Å². The van der Waals surface area contributed by atoms with Gasteiger partial charge in [0.05, 0.1) is 5.56 Å². The number of hydrogen-bond acceptors (Lipinski definition) is 6. The summed E-state index contributed by atoms with van der Waals surface area (Å²) in [5.74, 6) is -2.44. The lowest BCUT2D eigenvalue weighted by atomic mass is 9.83. The summed E-state index contributed by atoms with van der Waals surface area (Å²) in [6, 6.07) is 3.80. The monoisotopic (exact) mass is 481 g/mol. The summed E-state index contributed by atoms with van der Waals surface area (Å²) >= 11 is 0. The normalized spacial score (nSPS) is 13.0. The van der Waals surface area contributed by atoms with Gasteiger partial charge >= 0.3 is 16.1 Å². The number of rotatable bonds is 7. The van der Waals surface area contributed by atoms with Crippen molar-refractivity contribution in [3.63, 3.8) is 0 Å². The summed E-state index contributed by atoms with van der Waals surface area (Å²) in [5.41, 5.74) is -1.90. The quantitative estimate of drug-likeness (QED) is 0.389. The molecule has 3 aromatic heterocycles. The van der Waals surface area contributed by atoms with Crippen LogP contribution in [0.1, 0.15) is 36.9 Å². The van der Waals surface area contributed by atoms with E-state index >= 15 is 4.39 Å². The third-order valence-electron chi connectivity index (χ3n) is 5.00. The lowest BCUT2D eigenvalue weighted by Crippen LogP contribution is -2.44. The van der Waals surface area contributed by atoms with Crippen molar-refractivity contribution in [1.82, 2.24) is 14.3 Å². The lowest BCUT2D eigenvalue weighted by molar-refractivity contribution is 0.109. The smallest absolute Gasteiger partial charge is 0.404 e. The number of carbonyl (C=O) groups excluding carboxylic acids is 1. The molecule has 0 radical (unpaired) electrons. The summed E-state index contributed by atoms with van der Waals surface area (Å²) in [7, 11) is -4.60. The van der Waals surface area contributed by atoms with E-state index in [0.29, 0.717) is 10.3 Å². The number of aromatic nitrogens is 2. The Morgan fingerprint density at radius 2 is 2.00 bits per heavy atom. The van der Waals surface area contributed by atoms with E-state index in [1.54, 1.807) is 20.8 Å². The molecule has 1 unspecified atom stereocenters. The Bertz CT molecular complexity index is 1310. The second-order valence-electron chi connectivity index (χ2n) is 8.31. The second kappa shape index (κ2) is 8.77. The van der Waals surface area contributed by atoms with E-state index in [1.165, 1.54) is 6.07 Å². The van der Waals surface area contributed by atoms with Crippen molar-refractivity contribution in [3.05, 3.63) is 59.7 Å². The Kier molecular flexibility index (Phi) is 6.41. The first-order chi connectivity index (χ1) is 15.4. The average molecular weight is 481 g/mol. The molecule has 0 saturated heterocycles. The van der Waals surface area contributed by atoms with Gasteiger partial charge in [-0.25, -0.2) is 18.1 Å². The van der Waals surface area contributed by atoms with E-state index in [9.17, 15) is 22.4 Å². The fourth-order valence-corrected chi connectivity index (χ4v) is 4.54. The Morgan fingerprint density at radius 1 is 1.30 bits per heavy atom. The minimum Gasteiger partial charge on any atom is -0.465 e. The summed E-state index contributed by atoms with van der Waals surface area (Å²) in [6.07, 6.45) is 0.801. The first-order valence-corrected chi connectivity index (χ1v) is 11.1. The minimum atomic E-state index is -4.60. The number of carboxylic acid groups (broad SMARTS) is 1. The number of halogens is 2. The van der Waals surface area contributed by atoms with Crippen molar-refractivity contribution in [3.8, 4) is 11.3 Å². The highest BCUT2D eigenvalue weighted by atomic mass is 32.2. The standard InChI is InChI=1S/C21H21F2N3O6S/c1-21(2,3)15(25-20(28)29)9-12-10-26(33(30,31)16-7-6-13(11-27)32-16)18(17(12)22)14-5-4-8-24-19(14)23/h4-8,10-11,15,25H,9H2,1-3H3,(H,28,29). The van der Waals surface area contributed by atoms with Crippen molar-refractivity contribution >= 4 is 22.4 Å². The molecular weight excluding hydrogens is 460 g/mol. The number of amides is 1. The Labute approximate surface area is 188 Å². The van der Waals surface area contributed by atoms with Crippen LogP contribution in [-0.2, 0) is 16.4 Å². The number of aldehydes is 1. The molecule has 3 heterocycles. The van der Waals surface area contributed by atoms with Crippen molar-refractivity contribution in [2.24, 2.45) is 5.41 Å². The van der Waals surface area contributed by atoms with E-state index in [0.717, 1.165) is 30.6 Å². The number of pyridine rings is 1. The van der Waals surface area contributed by atoms with E-state index in [-0.39, 0.29) is 17.7 Å². The van der Waals surface area contributed by atoms with Gasteiger partial charge in [0.15, 0.2) is 17.9 Å². The molecule has 33 heavy (non-hydrogen) atoms. The molecule has 0 spiro atoms. The minimum absolute atomic E-state index is 0.173. The van der Waals surface area contributed by atoms with Gasteiger partial charge in [-0.05, 0) is 36.1 Å². The number of nitrogens with zero attached hydrogens (tertiary/aromatic N) is 2. The second-order valence-corrected chi connectivity index (χ2v) is 10.1. The molecule has 0 bridgehead atoms. The molecule has 176 valence electrons. The summed E-state index contributed by atoms with van der Waals surface area (Å²) in [4.78, 5) is 25.6. The highest BCUT2D eigenvalue weighted by molar-refractivity contribution is 7.89. The predicted molar refractivity (Wildman–Crippen MR) is 112 cm³/mol. The first-order valence-electron chi connectivity index (χ1n) is 9.67. The molecule has 3 rings (SSSR count). The van der Waals surface area contributed by atoms with Crippen LogP contribution in [0.4, 0.5) is 13.6 Å². The third-order valence-corrected chi connectivity index (χ3v) is 6.53. The molecular formula is C21H21F2N3O6S. The lowest BCUT2D eigenvalue weighted by Gasteiger charge is -2.30. The van der Waals surface area contributed by atoms with E-state index in [4.69, 9.17) is 9.52 Å². The van der Waals surface area contributed by atoms with E-state index in [1.807, 2.05) is 0 Å². The molecule has 0 aliphatic heterocycles.